The van der Waals surface area contributed by atoms with E-state index in [4.69, 9.17) is 0 Å². The van der Waals surface area contributed by atoms with Gasteiger partial charge in [0, 0.05) is 39.3 Å². The predicted molar refractivity (Wildman–Crippen MR) is 65.7 cm³/mol. The van der Waals surface area contributed by atoms with Crippen molar-refractivity contribution in [3.63, 3.8) is 0 Å². The van der Waals surface area contributed by atoms with Gasteiger partial charge in [-0.25, -0.2) is 0 Å². The first-order valence-corrected chi connectivity index (χ1v) is 6.55. The lowest BCUT2D eigenvalue weighted by Gasteiger charge is -2.36. The number of rotatable bonds is 2. The fourth-order valence-corrected chi connectivity index (χ4v) is 2.52. The van der Waals surface area contributed by atoms with Gasteiger partial charge in [0.1, 0.15) is 0 Å². The Labute approximate surface area is 103 Å². The van der Waals surface area contributed by atoms with Gasteiger partial charge in [-0.2, -0.15) is 0 Å². The summed E-state index contributed by atoms with van der Waals surface area (Å²) in [5.41, 5.74) is 0. The number of amides is 1. The van der Waals surface area contributed by atoms with Crippen molar-refractivity contribution in [1.82, 2.24) is 15.1 Å². The molecule has 98 valence electrons. The van der Waals surface area contributed by atoms with E-state index in [-0.39, 0.29) is 17.9 Å². The minimum Gasteiger partial charge on any atom is -0.393 e. The second kappa shape index (κ2) is 5.80. The molecule has 0 bridgehead atoms. The van der Waals surface area contributed by atoms with Crippen molar-refractivity contribution in [3.8, 4) is 0 Å². The standard InChI is InChI=1S/C12H23N3O2/c1-10-8-15(5-2-11(10)16)12(17)9-14-6-3-13-4-7-14/h10-11,13,16H,2-9H2,1H3. The Morgan fingerprint density at radius 3 is 2.71 bits per heavy atom. The Kier molecular flexibility index (Phi) is 4.36. The first kappa shape index (κ1) is 12.8. The maximum Gasteiger partial charge on any atom is 0.236 e. The monoisotopic (exact) mass is 241 g/mol. The van der Waals surface area contributed by atoms with Gasteiger partial charge in [0.15, 0.2) is 0 Å². The average molecular weight is 241 g/mol. The zero-order chi connectivity index (χ0) is 12.3. The minimum atomic E-state index is -0.238. The van der Waals surface area contributed by atoms with E-state index in [2.05, 4.69) is 10.2 Å². The van der Waals surface area contributed by atoms with Gasteiger partial charge >= 0.3 is 0 Å². The summed E-state index contributed by atoms with van der Waals surface area (Å²) in [5, 5.41) is 12.9. The molecular weight excluding hydrogens is 218 g/mol. The Bertz CT molecular complexity index is 266. The van der Waals surface area contributed by atoms with Crippen molar-refractivity contribution in [3.05, 3.63) is 0 Å². The van der Waals surface area contributed by atoms with Gasteiger partial charge in [-0.1, -0.05) is 6.92 Å². The number of nitrogens with one attached hydrogen (secondary N) is 1. The molecule has 2 N–H and O–H groups in total. The molecule has 2 aliphatic rings. The first-order chi connectivity index (χ1) is 8.16. The quantitative estimate of drug-likeness (QED) is 0.659. The summed E-state index contributed by atoms with van der Waals surface area (Å²) in [6.45, 7) is 7.81. The van der Waals surface area contributed by atoms with Crippen LogP contribution in [-0.2, 0) is 4.79 Å². The number of likely N-dealkylation sites (tertiary alicyclic amines) is 1. The van der Waals surface area contributed by atoms with Crippen LogP contribution >= 0.6 is 0 Å². The van der Waals surface area contributed by atoms with E-state index in [1.165, 1.54) is 0 Å². The lowest BCUT2D eigenvalue weighted by atomic mass is 9.97. The van der Waals surface area contributed by atoms with Gasteiger partial charge in [0.25, 0.3) is 0 Å². The van der Waals surface area contributed by atoms with Crippen LogP contribution in [0.1, 0.15) is 13.3 Å². The molecule has 0 aromatic rings. The second-order valence-corrected chi connectivity index (χ2v) is 5.20. The number of carbonyl (C=O) groups is 1. The van der Waals surface area contributed by atoms with Crippen LogP contribution in [0, 0.1) is 5.92 Å². The molecule has 2 fully saturated rings. The van der Waals surface area contributed by atoms with Crippen LogP contribution in [0.15, 0.2) is 0 Å². The van der Waals surface area contributed by atoms with E-state index in [1.54, 1.807) is 0 Å². The Morgan fingerprint density at radius 2 is 2.06 bits per heavy atom. The molecule has 2 saturated heterocycles. The smallest absolute Gasteiger partial charge is 0.236 e. The van der Waals surface area contributed by atoms with E-state index in [0.29, 0.717) is 26.1 Å². The highest BCUT2D eigenvalue weighted by atomic mass is 16.3. The van der Waals surface area contributed by atoms with E-state index in [9.17, 15) is 9.90 Å². The molecular formula is C12H23N3O2. The minimum absolute atomic E-state index is 0.204. The Balaban J connectivity index is 1.79. The number of aliphatic hydroxyl groups is 1. The molecule has 17 heavy (non-hydrogen) atoms. The van der Waals surface area contributed by atoms with Crippen LogP contribution in [0.3, 0.4) is 0 Å². The summed E-state index contributed by atoms with van der Waals surface area (Å²) in [6.07, 6.45) is 0.479. The van der Waals surface area contributed by atoms with Crippen molar-refractivity contribution >= 4 is 5.91 Å². The highest BCUT2D eigenvalue weighted by Crippen LogP contribution is 2.16. The van der Waals surface area contributed by atoms with Crippen LogP contribution in [0.25, 0.3) is 0 Å². The third kappa shape index (κ3) is 3.40. The summed E-state index contributed by atoms with van der Waals surface area (Å²) in [5.74, 6) is 0.418. The number of carbonyl (C=O) groups excluding carboxylic acids is 1. The van der Waals surface area contributed by atoms with Crippen LogP contribution in [0.2, 0.25) is 0 Å². The third-order valence-corrected chi connectivity index (χ3v) is 3.78. The van der Waals surface area contributed by atoms with E-state index >= 15 is 0 Å². The molecule has 2 unspecified atom stereocenters. The van der Waals surface area contributed by atoms with Gasteiger partial charge in [-0.15, -0.1) is 0 Å². The molecule has 0 aromatic heterocycles. The number of hydrogen-bond acceptors (Lipinski definition) is 4. The van der Waals surface area contributed by atoms with Gasteiger partial charge < -0.3 is 15.3 Å². The van der Waals surface area contributed by atoms with E-state index in [0.717, 1.165) is 26.2 Å². The zero-order valence-corrected chi connectivity index (χ0v) is 10.6. The van der Waals surface area contributed by atoms with Crippen LogP contribution < -0.4 is 5.32 Å². The van der Waals surface area contributed by atoms with Crippen molar-refractivity contribution < 1.29 is 9.90 Å². The summed E-state index contributed by atoms with van der Waals surface area (Å²) in [4.78, 5) is 16.2. The summed E-state index contributed by atoms with van der Waals surface area (Å²) in [6, 6.07) is 0. The number of nitrogens with zero attached hydrogens (tertiary/aromatic N) is 2. The molecule has 2 atom stereocenters. The van der Waals surface area contributed by atoms with E-state index in [1.807, 2.05) is 11.8 Å². The number of hydrogen-bond donors (Lipinski definition) is 2. The highest BCUT2D eigenvalue weighted by Gasteiger charge is 2.27. The van der Waals surface area contributed by atoms with Gasteiger partial charge in [0.2, 0.25) is 5.91 Å². The maximum atomic E-state index is 12.1. The van der Waals surface area contributed by atoms with Crippen LogP contribution in [-0.4, -0.2) is 72.7 Å². The molecule has 0 aromatic carbocycles. The number of piperidine rings is 1. The molecule has 2 rings (SSSR count). The number of aliphatic hydroxyl groups excluding tert-OH is 1. The molecule has 2 heterocycles. The molecule has 0 radical (unpaired) electrons. The number of piperazine rings is 1. The van der Waals surface area contributed by atoms with Crippen molar-refractivity contribution in [1.29, 1.82) is 0 Å². The Hall–Kier alpha value is -0.650. The largest absolute Gasteiger partial charge is 0.393 e. The fourth-order valence-electron chi connectivity index (χ4n) is 2.52. The zero-order valence-electron chi connectivity index (χ0n) is 10.6. The van der Waals surface area contributed by atoms with Crippen molar-refractivity contribution in [2.24, 2.45) is 5.92 Å². The summed E-state index contributed by atoms with van der Waals surface area (Å²) in [7, 11) is 0. The third-order valence-electron chi connectivity index (χ3n) is 3.78. The molecule has 2 aliphatic heterocycles. The van der Waals surface area contributed by atoms with Crippen LogP contribution in [0.4, 0.5) is 0 Å². The van der Waals surface area contributed by atoms with Crippen LogP contribution in [0.5, 0.6) is 0 Å². The van der Waals surface area contributed by atoms with Crippen molar-refractivity contribution in [2.75, 3.05) is 45.8 Å². The first-order valence-electron chi connectivity index (χ1n) is 6.55. The molecule has 5 heteroatoms. The lowest BCUT2D eigenvalue weighted by Crippen LogP contribution is -2.51. The van der Waals surface area contributed by atoms with Gasteiger partial charge in [-0.3, -0.25) is 9.69 Å². The molecule has 0 saturated carbocycles. The molecule has 0 spiro atoms. The molecule has 1 amide bonds. The summed E-state index contributed by atoms with van der Waals surface area (Å²) >= 11 is 0. The SMILES string of the molecule is CC1CN(C(=O)CN2CCNCC2)CCC1O. The topological polar surface area (TPSA) is 55.8 Å². The molecule has 0 aliphatic carbocycles. The summed E-state index contributed by atoms with van der Waals surface area (Å²) < 4.78 is 0. The predicted octanol–water partition coefficient (Wildman–Crippen LogP) is -0.879. The van der Waals surface area contributed by atoms with Crippen molar-refractivity contribution in [2.45, 2.75) is 19.4 Å². The van der Waals surface area contributed by atoms with Gasteiger partial charge in [0.05, 0.1) is 12.6 Å². The maximum absolute atomic E-state index is 12.1. The normalized spacial score (nSPS) is 31.5. The van der Waals surface area contributed by atoms with E-state index < -0.39 is 0 Å². The highest BCUT2D eigenvalue weighted by molar-refractivity contribution is 5.78. The van der Waals surface area contributed by atoms with Gasteiger partial charge in [-0.05, 0) is 12.3 Å². The Morgan fingerprint density at radius 1 is 1.35 bits per heavy atom. The average Bonchev–Trinajstić information content (AvgIpc) is 2.34. The fraction of sp³-hybridized carbons (Fsp3) is 0.917. The molecule has 5 nitrogen and oxygen atoms in total. The lowest BCUT2D eigenvalue weighted by molar-refractivity contribution is -0.136. The second-order valence-electron chi connectivity index (χ2n) is 5.20.